The Kier molecular flexibility index (Phi) is 6.95. The zero-order valence-corrected chi connectivity index (χ0v) is 31.6. The Balaban J connectivity index is 1.10. The summed E-state index contributed by atoms with van der Waals surface area (Å²) in [6.45, 7) is 0. The van der Waals surface area contributed by atoms with Crippen LogP contribution < -0.4 is 4.90 Å². The van der Waals surface area contributed by atoms with Crippen LogP contribution in [0.4, 0.5) is 17.1 Å². The van der Waals surface area contributed by atoms with E-state index in [4.69, 9.17) is 0 Å². The van der Waals surface area contributed by atoms with Gasteiger partial charge in [0.2, 0.25) is 0 Å². The lowest BCUT2D eigenvalue weighted by molar-refractivity contribution is 0.693. The van der Waals surface area contributed by atoms with Crippen LogP contribution in [0.15, 0.2) is 218 Å². The van der Waals surface area contributed by atoms with Gasteiger partial charge in [-0.15, -0.1) is 0 Å². The van der Waals surface area contributed by atoms with Gasteiger partial charge >= 0.3 is 0 Å². The molecular weight excluding hydrogens is 687 g/mol. The molecule has 0 saturated heterocycles. The van der Waals surface area contributed by atoms with Gasteiger partial charge in [0.05, 0.1) is 10.8 Å². The van der Waals surface area contributed by atoms with Crippen molar-refractivity contribution in [1.82, 2.24) is 0 Å². The van der Waals surface area contributed by atoms with Crippen molar-refractivity contribution in [2.45, 2.75) is 23.7 Å². The van der Waals surface area contributed by atoms with Crippen LogP contribution in [0.3, 0.4) is 0 Å². The van der Waals surface area contributed by atoms with Gasteiger partial charge in [-0.25, -0.2) is 0 Å². The monoisotopic (exact) mass is 725 g/mol. The highest BCUT2D eigenvalue weighted by Gasteiger charge is 2.52. The summed E-state index contributed by atoms with van der Waals surface area (Å²) in [7, 11) is 0. The van der Waals surface area contributed by atoms with E-state index < -0.39 is 5.41 Å². The normalized spacial score (nSPS) is 17.2. The third kappa shape index (κ3) is 4.29. The smallest absolute Gasteiger partial charge is 0.0725 e. The highest BCUT2D eigenvalue weighted by Crippen LogP contribution is 2.64. The Morgan fingerprint density at radius 3 is 1.42 bits per heavy atom. The van der Waals surface area contributed by atoms with Crippen LogP contribution in [0.5, 0.6) is 0 Å². The van der Waals surface area contributed by atoms with Crippen LogP contribution in [0.2, 0.25) is 0 Å². The van der Waals surface area contributed by atoms with E-state index in [1.807, 2.05) is 0 Å². The molecule has 0 N–H and O–H groups in total. The van der Waals surface area contributed by atoms with Crippen molar-refractivity contribution in [3.63, 3.8) is 0 Å². The molecule has 12 rings (SSSR count). The molecule has 0 aromatic heterocycles. The molecule has 57 heavy (non-hydrogen) atoms. The van der Waals surface area contributed by atoms with Gasteiger partial charge in [-0.05, 0) is 122 Å². The summed E-state index contributed by atoms with van der Waals surface area (Å²) in [6, 6.07) is 72.9. The van der Waals surface area contributed by atoms with Crippen molar-refractivity contribution in [2.24, 2.45) is 0 Å². The minimum absolute atomic E-state index is 0.369. The summed E-state index contributed by atoms with van der Waals surface area (Å²) in [5.41, 5.74) is 21.5. The second-order valence-electron chi connectivity index (χ2n) is 15.8. The zero-order valence-electron chi connectivity index (χ0n) is 31.6. The van der Waals surface area contributed by atoms with Crippen molar-refractivity contribution >= 4 is 17.1 Å². The van der Waals surface area contributed by atoms with Crippen molar-refractivity contribution in [2.75, 3.05) is 4.90 Å². The summed E-state index contributed by atoms with van der Waals surface area (Å²) in [6.07, 6.45) is 9.01. The Labute approximate surface area is 334 Å². The quantitative estimate of drug-likeness (QED) is 0.171. The predicted octanol–water partition coefficient (Wildman–Crippen LogP) is 14.1. The SMILES string of the molecule is C1=CCCC(C2(c3ccccc3)c3ccccc3-c3ccc(N(c4ccccc4)c4ccc5c(c4)-c4ccccc4C54c5ccccc5-c5ccccc54)cc32)=C1. The largest absolute Gasteiger partial charge is 0.310 e. The van der Waals surface area contributed by atoms with Gasteiger partial charge in [-0.3, -0.25) is 0 Å². The maximum atomic E-state index is 2.50. The summed E-state index contributed by atoms with van der Waals surface area (Å²) in [4.78, 5) is 2.47. The van der Waals surface area contributed by atoms with Gasteiger partial charge in [0.1, 0.15) is 0 Å². The van der Waals surface area contributed by atoms with Crippen LogP contribution in [-0.2, 0) is 10.8 Å². The van der Waals surface area contributed by atoms with Crippen LogP contribution >= 0.6 is 0 Å². The number of anilines is 3. The summed E-state index contributed by atoms with van der Waals surface area (Å²) in [5, 5.41) is 0. The summed E-state index contributed by atoms with van der Waals surface area (Å²) >= 11 is 0. The molecule has 4 aliphatic carbocycles. The third-order valence-corrected chi connectivity index (χ3v) is 13.2. The highest BCUT2D eigenvalue weighted by atomic mass is 15.1. The second kappa shape index (κ2) is 12.3. The number of allylic oxidation sites excluding steroid dienone is 4. The highest BCUT2D eigenvalue weighted by molar-refractivity contribution is 5.97. The van der Waals surface area contributed by atoms with E-state index in [1.165, 1.54) is 77.9 Å². The van der Waals surface area contributed by atoms with Crippen molar-refractivity contribution in [1.29, 1.82) is 0 Å². The van der Waals surface area contributed by atoms with Crippen molar-refractivity contribution in [3.05, 3.63) is 257 Å². The van der Waals surface area contributed by atoms with Crippen LogP contribution in [-0.4, -0.2) is 0 Å². The molecule has 1 heteroatoms. The Morgan fingerprint density at radius 2 is 0.825 bits per heavy atom. The molecule has 0 aliphatic heterocycles. The fourth-order valence-corrected chi connectivity index (χ4v) is 11.1. The first-order valence-corrected chi connectivity index (χ1v) is 20.2. The first kappa shape index (κ1) is 32.3. The fraction of sp³-hybridized carbons (Fsp3) is 0.0714. The van der Waals surface area contributed by atoms with E-state index in [2.05, 4.69) is 217 Å². The molecule has 0 heterocycles. The number of benzene rings is 8. The van der Waals surface area contributed by atoms with Gasteiger partial charge in [-0.2, -0.15) is 0 Å². The van der Waals surface area contributed by atoms with Crippen molar-refractivity contribution < 1.29 is 0 Å². The molecule has 8 aromatic rings. The molecule has 0 saturated carbocycles. The molecule has 0 fully saturated rings. The topological polar surface area (TPSA) is 3.24 Å². The standard InChI is InChI=1S/C56H39N/c1-4-18-38(19-5-1)55(39-20-6-2-7-21-39)49-28-14-10-26-45(49)47-34-32-42(37-54(47)55)57(40-22-8-3-9-23-40)41-33-35-53-48(36-41)46-27-13-17-31-52(46)56(53)50-29-15-11-24-43(50)44-25-12-16-30-51(44)56/h1-6,8-20,22-37H,7,21H2. The molecule has 268 valence electrons. The van der Waals surface area contributed by atoms with Crippen LogP contribution in [0.25, 0.3) is 33.4 Å². The van der Waals surface area contributed by atoms with E-state index >= 15 is 0 Å². The van der Waals surface area contributed by atoms with Crippen LogP contribution in [0.1, 0.15) is 51.8 Å². The average Bonchev–Trinajstić information content (AvgIpc) is 3.87. The number of rotatable bonds is 5. The van der Waals surface area contributed by atoms with E-state index in [0.29, 0.717) is 0 Å². The first-order chi connectivity index (χ1) is 28.3. The maximum absolute atomic E-state index is 2.50. The maximum Gasteiger partial charge on any atom is 0.0725 e. The number of fused-ring (bicyclic) bond motifs is 13. The van der Waals surface area contributed by atoms with Gasteiger partial charge in [-0.1, -0.05) is 182 Å². The van der Waals surface area contributed by atoms with E-state index in [0.717, 1.165) is 29.9 Å². The lowest BCUT2D eigenvalue weighted by Gasteiger charge is -2.37. The van der Waals surface area contributed by atoms with E-state index in [1.54, 1.807) is 0 Å². The molecule has 1 unspecified atom stereocenters. The molecule has 4 aliphatic rings. The lowest BCUT2D eigenvalue weighted by Crippen LogP contribution is -2.30. The number of nitrogens with zero attached hydrogens (tertiary/aromatic N) is 1. The lowest BCUT2D eigenvalue weighted by atomic mass is 9.65. The molecule has 0 radical (unpaired) electrons. The minimum atomic E-state index is -0.400. The Bertz CT molecular complexity index is 2920. The Hall–Kier alpha value is -6.96. The molecule has 1 spiro atoms. The average molecular weight is 726 g/mol. The van der Waals surface area contributed by atoms with Gasteiger partial charge < -0.3 is 4.90 Å². The summed E-state index contributed by atoms with van der Waals surface area (Å²) in [5.74, 6) is 0. The van der Waals surface area contributed by atoms with Crippen LogP contribution in [0, 0.1) is 0 Å². The molecule has 0 amide bonds. The molecule has 0 bridgehead atoms. The molecule has 1 atom stereocenters. The van der Waals surface area contributed by atoms with Crippen molar-refractivity contribution in [3.8, 4) is 33.4 Å². The number of hydrogen-bond acceptors (Lipinski definition) is 1. The zero-order chi connectivity index (χ0) is 37.6. The molecule has 8 aromatic carbocycles. The molecular formula is C56H39N. The Morgan fingerprint density at radius 1 is 0.351 bits per heavy atom. The molecule has 1 nitrogen and oxygen atoms in total. The minimum Gasteiger partial charge on any atom is -0.310 e. The first-order valence-electron chi connectivity index (χ1n) is 20.2. The third-order valence-electron chi connectivity index (χ3n) is 13.2. The van der Waals surface area contributed by atoms with Gasteiger partial charge in [0.15, 0.2) is 0 Å². The van der Waals surface area contributed by atoms with Gasteiger partial charge in [0, 0.05) is 17.1 Å². The fourth-order valence-electron chi connectivity index (χ4n) is 11.1. The number of hydrogen-bond donors (Lipinski definition) is 0. The van der Waals surface area contributed by atoms with Gasteiger partial charge in [0.25, 0.3) is 0 Å². The predicted molar refractivity (Wildman–Crippen MR) is 236 cm³/mol. The second-order valence-corrected chi connectivity index (χ2v) is 15.8. The number of para-hydroxylation sites is 1. The van der Waals surface area contributed by atoms with E-state index in [9.17, 15) is 0 Å². The summed E-state index contributed by atoms with van der Waals surface area (Å²) < 4.78 is 0. The van der Waals surface area contributed by atoms with E-state index in [-0.39, 0.29) is 5.41 Å².